The summed E-state index contributed by atoms with van der Waals surface area (Å²) in [5, 5.41) is 5.54. The lowest BCUT2D eigenvalue weighted by molar-refractivity contribution is 0.0952. The van der Waals surface area contributed by atoms with Gasteiger partial charge >= 0.3 is 0 Å². The molecule has 100 valence electrons. The van der Waals surface area contributed by atoms with Crippen molar-refractivity contribution in [1.82, 2.24) is 10.3 Å². The number of hydrogen-bond acceptors (Lipinski definition) is 3. The molecule has 0 saturated carbocycles. The van der Waals surface area contributed by atoms with E-state index in [1.165, 1.54) is 6.07 Å². The number of hydrogen-bond donors (Lipinski definition) is 2. The summed E-state index contributed by atoms with van der Waals surface area (Å²) in [6.45, 7) is 4.87. The Hall–Kier alpha value is -1.65. The number of anilines is 1. The minimum Gasteiger partial charge on any atom is -0.372 e. The average Bonchev–Trinajstić information content (AvgIpc) is 2.34. The summed E-state index contributed by atoms with van der Waals surface area (Å²) in [5.41, 5.74) is 0.238. The molecular weight excluding hydrogens is 233 g/mol. The van der Waals surface area contributed by atoms with Gasteiger partial charge in [-0.2, -0.15) is 0 Å². The van der Waals surface area contributed by atoms with Crippen molar-refractivity contribution in [2.24, 2.45) is 5.92 Å². The molecule has 0 unspecified atom stereocenters. The summed E-state index contributed by atoms with van der Waals surface area (Å²) in [6, 6.07) is 1.19. The normalized spacial score (nSPS) is 10.5. The molecule has 0 fully saturated rings. The van der Waals surface area contributed by atoms with Crippen molar-refractivity contribution < 1.29 is 9.18 Å². The number of nitrogens with one attached hydrogen (secondary N) is 2. The third-order valence-corrected chi connectivity index (χ3v) is 2.58. The van der Waals surface area contributed by atoms with E-state index in [2.05, 4.69) is 29.5 Å². The third-order valence-electron chi connectivity index (χ3n) is 2.58. The highest BCUT2D eigenvalue weighted by atomic mass is 19.1. The molecule has 1 aromatic heterocycles. The van der Waals surface area contributed by atoms with E-state index in [4.69, 9.17) is 0 Å². The molecule has 18 heavy (non-hydrogen) atoms. The number of pyridine rings is 1. The van der Waals surface area contributed by atoms with Gasteiger partial charge in [0.2, 0.25) is 0 Å². The van der Waals surface area contributed by atoms with Gasteiger partial charge in [0.15, 0.2) is 0 Å². The van der Waals surface area contributed by atoms with Gasteiger partial charge in [0.1, 0.15) is 11.6 Å². The van der Waals surface area contributed by atoms with Crippen LogP contribution in [0.3, 0.4) is 0 Å². The molecule has 1 aromatic rings. The highest BCUT2D eigenvalue weighted by Crippen LogP contribution is 2.12. The number of nitrogens with zero attached hydrogens (tertiary/aromatic N) is 1. The second-order valence-electron chi connectivity index (χ2n) is 4.59. The molecule has 2 N–H and O–H groups in total. The molecule has 0 bridgehead atoms. The maximum absolute atomic E-state index is 13.1. The van der Waals surface area contributed by atoms with Gasteiger partial charge in [0.25, 0.3) is 5.91 Å². The highest BCUT2D eigenvalue weighted by Gasteiger charge is 2.12. The van der Waals surface area contributed by atoms with Crippen LogP contribution < -0.4 is 10.6 Å². The Bertz CT molecular complexity index is 407. The fraction of sp³-hybridized carbons (Fsp3) is 0.538. The zero-order valence-electron chi connectivity index (χ0n) is 11.1. The van der Waals surface area contributed by atoms with Crippen LogP contribution in [0.15, 0.2) is 12.3 Å². The van der Waals surface area contributed by atoms with Crippen molar-refractivity contribution in [3.8, 4) is 0 Å². The number of aromatic nitrogens is 1. The molecule has 0 radical (unpaired) electrons. The van der Waals surface area contributed by atoms with Crippen molar-refractivity contribution in [3.05, 3.63) is 23.6 Å². The Morgan fingerprint density at radius 1 is 1.50 bits per heavy atom. The van der Waals surface area contributed by atoms with Crippen LogP contribution in [0, 0.1) is 11.7 Å². The lowest BCUT2D eigenvalue weighted by Crippen LogP contribution is -2.26. The Morgan fingerprint density at radius 2 is 2.22 bits per heavy atom. The fourth-order valence-electron chi connectivity index (χ4n) is 1.62. The van der Waals surface area contributed by atoms with Crippen LogP contribution in [0.25, 0.3) is 0 Å². The summed E-state index contributed by atoms with van der Waals surface area (Å²) < 4.78 is 13.1. The lowest BCUT2D eigenvalue weighted by atomic mass is 10.1. The van der Waals surface area contributed by atoms with Crippen LogP contribution in [0.2, 0.25) is 0 Å². The number of carbonyl (C=O) groups is 1. The molecule has 0 saturated heterocycles. The zero-order chi connectivity index (χ0) is 13.5. The number of halogens is 1. The van der Waals surface area contributed by atoms with Gasteiger partial charge < -0.3 is 10.6 Å². The Kier molecular flexibility index (Phi) is 5.55. The lowest BCUT2D eigenvalue weighted by Gasteiger charge is -2.09. The van der Waals surface area contributed by atoms with Crippen LogP contribution in [-0.2, 0) is 0 Å². The Labute approximate surface area is 107 Å². The largest absolute Gasteiger partial charge is 0.372 e. The summed E-state index contributed by atoms with van der Waals surface area (Å²) in [7, 11) is 1.65. The summed E-state index contributed by atoms with van der Waals surface area (Å²) in [4.78, 5) is 15.7. The van der Waals surface area contributed by atoms with Crippen LogP contribution >= 0.6 is 0 Å². The predicted molar refractivity (Wildman–Crippen MR) is 70.1 cm³/mol. The number of carbonyl (C=O) groups excluding carboxylic acids is 1. The van der Waals surface area contributed by atoms with E-state index in [9.17, 15) is 9.18 Å². The second kappa shape index (κ2) is 6.93. The van der Waals surface area contributed by atoms with E-state index in [0.717, 1.165) is 19.0 Å². The van der Waals surface area contributed by atoms with Gasteiger partial charge in [-0.15, -0.1) is 0 Å². The number of rotatable bonds is 6. The molecule has 5 heteroatoms. The molecule has 0 aliphatic heterocycles. The van der Waals surface area contributed by atoms with Gasteiger partial charge in [-0.05, 0) is 24.8 Å². The van der Waals surface area contributed by atoms with Crippen molar-refractivity contribution in [3.63, 3.8) is 0 Å². The number of amides is 1. The first kappa shape index (κ1) is 14.4. The SMILES string of the molecule is CNc1ncc(F)cc1C(=O)NCCCC(C)C. The molecule has 0 aliphatic carbocycles. The molecule has 4 nitrogen and oxygen atoms in total. The van der Waals surface area contributed by atoms with Crippen molar-refractivity contribution in [2.75, 3.05) is 18.9 Å². The first-order valence-corrected chi connectivity index (χ1v) is 6.16. The first-order valence-electron chi connectivity index (χ1n) is 6.16. The summed E-state index contributed by atoms with van der Waals surface area (Å²) in [6.07, 6.45) is 3.06. The standard InChI is InChI=1S/C13H20FN3O/c1-9(2)5-4-6-16-13(18)11-7-10(14)8-17-12(11)15-3/h7-9H,4-6H2,1-3H3,(H,15,17)(H,16,18). The van der Waals surface area contributed by atoms with E-state index in [0.29, 0.717) is 18.3 Å². The van der Waals surface area contributed by atoms with Gasteiger partial charge in [0.05, 0.1) is 11.8 Å². The average molecular weight is 253 g/mol. The van der Waals surface area contributed by atoms with E-state index in [1.54, 1.807) is 7.05 Å². The molecule has 0 spiro atoms. The van der Waals surface area contributed by atoms with Gasteiger partial charge in [-0.3, -0.25) is 4.79 Å². The van der Waals surface area contributed by atoms with Crippen LogP contribution in [0.5, 0.6) is 0 Å². The topological polar surface area (TPSA) is 54.0 Å². The zero-order valence-corrected chi connectivity index (χ0v) is 11.1. The van der Waals surface area contributed by atoms with Crippen LogP contribution in [0.1, 0.15) is 37.0 Å². The van der Waals surface area contributed by atoms with Gasteiger partial charge in [-0.1, -0.05) is 13.8 Å². The fourth-order valence-corrected chi connectivity index (χ4v) is 1.62. The molecule has 1 heterocycles. The van der Waals surface area contributed by atoms with Gasteiger partial charge in [-0.25, -0.2) is 9.37 Å². The smallest absolute Gasteiger partial charge is 0.255 e. The Balaban J connectivity index is 2.58. The van der Waals surface area contributed by atoms with E-state index < -0.39 is 5.82 Å². The van der Waals surface area contributed by atoms with E-state index >= 15 is 0 Å². The maximum Gasteiger partial charge on any atom is 0.255 e. The Morgan fingerprint density at radius 3 is 2.83 bits per heavy atom. The van der Waals surface area contributed by atoms with Gasteiger partial charge in [0, 0.05) is 13.6 Å². The first-order chi connectivity index (χ1) is 8.54. The highest BCUT2D eigenvalue weighted by molar-refractivity contribution is 5.98. The van der Waals surface area contributed by atoms with Crippen molar-refractivity contribution in [1.29, 1.82) is 0 Å². The third kappa shape index (κ3) is 4.31. The molecule has 1 rings (SSSR count). The molecule has 0 aliphatic rings. The van der Waals surface area contributed by atoms with Crippen LogP contribution in [0.4, 0.5) is 10.2 Å². The van der Waals surface area contributed by atoms with E-state index in [-0.39, 0.29) is 11.5 Å². The quantitative estimate of drug-likeness (QED) is 0.766. The summed E-state index contributed by atoms with van der Waals surface area (Å²) in [5.74, 6) is 0.194. The van der Waals surface area contributed by atoms with E-state index in [1.807, 2.05) is 0 Å². The van der Waals surface area contributed by atoms with Crippen molar-refractivity contribution >= 4 is 11.7 Å². The maximum atomic E-state index is 13.1. The summed E-state index contributed by atoms with van der Waals surface area (Å²) >= 11 is 0. The predicted octanol–water partition coefficient (Wildman–Crippen LogP) is 2.43. The monoisotopic (exact) mass is 253 g/mol. The molecule has 1 amide bonds. The van der Waals surface area contributed by atoms with Crippen molar-refractivity contribution in [2.45, 2.75) is 26.7 Å². The minimum absolute atomic E-state index is 0.238. The molecule has 0 aromatic carbocycles. The minimum atomic E-state index is -0.513. The molecule has 0 atom stereocenters. The van der Waals surface area contributed by atoms with Crippen LogP contribution in [-0.4, -0.2) is 24.5 Å². The second-order valence-corrected chi connectivity index (χ2v) is 4.59. The molecular formula is C13H20FN3O.